The molecule has 0 aromatic carbocycles. The molecule has 0 aliphatic heterocycles. The van der Waals surface area contributed by atoms with Gasteiger partial charge in [-0.1, -0.05) is 0 Å². The van der Waals surface area contributed by atoms with Crippen LogP contribution >= 0.6 is 27.3 Å². The zero-order chi connectivity index (χ0) is 11.8. The standard InChI is InChI=1S/C11H17BrO3S/c1-14-6-7-15-5-4-9(13)8-10-2-3-11(12)16-10/h2-3,9,13H,4-8H2,1H3. The van der Waals surface area contributed by atoms with Crippen molar-refractivity contribution in [3.63, 3.8) is 0 Å². The summed E-state index contributed by atoms with van der Waals surface area (Å²) in [5, 5.41) is 9.75. The number of aliphatic hydroxyl groups is 1. The number of hydrogen-bond donors (Lipinski definition) is 1. The second-order valence-electron chi connectivity index (χ2n) is 3.46. The van der Waals surface area contributed by atoms with E-state index >= 15 is 0 Å². The number of methoxy groups -OCH3 is 1. The molecule has 1 aromatic rings. The van der Waals surface area contributed by atoms with E-state index in [4.69, 9.17) is 9.47 Å². The highest BCUT2D eigenvalue weighted by atomic mass is 79.9. The molecule has 1 unspecified atom stereocenters. The molecule has 3 nitrogen and oxygen atoms in total. The Kier molecular flexibility index (Phi) is 7.23. The first-order valence-corrected chi connectivity index (χ1v) is 6.82. The Balaban J connectivity index is 2.09. The van der Waals surface area contributed by atoms with Crippen LogP contribution in [0.1, 0.15) is 11.3 Å². The summed E-state index contributed by atoms with van der Waals surface area (Å²) in [5.74, 6) is 0. The van der Waals surface area contributed by atoms with Crippen LogP contribution in [0.5, 0.6) is 0 Å². The summed E-state index contributed by atoms with van der Waals surface area (Å²) in [6.45, 7) is 1.78. The third-order valence-corrected chi connectivity index (χ3v) is 3.74. The van der Waals surface area contributed by atoms with Crippen molar-refractivity contribution in [3.05, 3.63) is 20.8 Å². The van der Waals surface area contributed by atoms with E-state index in [1.54, 1.807) is 18.4 Å². The summed E-state index contributed by atoms with van der Waals surface area (Å²) < 4.78 is 11.3. The minimum absolute atomic E-state index is 0.326. The minimum Gasteiger partial charge on any atom is -0.393 e. The van der Waals surface area contributed by atoms with Gasteiger partial charge in [0.1, 0.15) is 0 Å². The van der Waals surface area contributed by atoms with E-state index in [0.29, 0.717) is 32.7 Å². The highest BCUT2D eigenvalue weighted by molar-refractivity contribution is 9.11. The van der Waals surface area contributed by atoms with Gasteiger partial charge in [0.25, 0.3) is 0 Å². The number of thiophene rings is 1. The van der Waals surface area contributed by atoms with Gasteiger partial charge in [0.05, 0.1) is 23.1 Å². The maximum absolute atomic E-state index is 9.75. The predicted molar refractivity (Wildman–Crippen MR) is 69.0 cm³/mol. The third kappa shape index (κ3) is 5.96. The fourth-order valence-electron chi connectivity index (χ4n) is 1.26. The van der Waals surface area contributed by atoms with Gasteiger partial charge in [-0.3, -0.25) is 0 Å². The van der Waals surface area contributed by atoms with E-state index in [-0.39, 0.29) is 6.10 Å². The monoisotopic (exact) mass is 308 g/mol. The quantitative estimate of drug-likeness (QED) is 0.750. The summed E-state index contributed by atoms with van der Waals surface area (Å²) in [6.07, 6.45) is 1.04. The smallest absolute Gasteiger partial charge is 0.0701 e. The Labute approximate surface area is 109 Å². The van der Waals surface area contributed by atoms with Gasteiger partial charge < -0.3 is 14.6 Å². The molecule has 0 spiro atoms. The van der Waals surface area contributed by atoms with E-state index in [9.17, 15) is 5.11 Å². The number of hydrogen-bond acceptors (Lipinski definition) is 4. The molecule has 1 rings (SSSR count). The van der Waals surface area contributed by atoms with Crippen LogP contribution < -0.4 is 0 Å². The first kappa shape index (κ1) is 14.1. The number of aliphatic hydroxyl groups excluding tert-OH is 1. The molecular weight excluding hydrogens is 292 g/mol. The molecule has 0 amide bonds. The van der Waals surface area contributed by atoms with E-state index in [2.05, 4.69) is 15.9 Å². The van der Waals surface area contributed by atoms with Gasteiger partial charge in [0.2, 0.25) is 0 Å². The van der Waals surface area contributed by atoms with Crippen molar-refractivity contribution in [1.82, 2.24) is 0 Å². The van der Waals surface area contributed by atoms with E-state index < -0.39 is 0 Å². The molecule has 5 heteroatoms. The van der Waals surface area contributed by atoms with Gasteiger partial charge in [-0.25, -0.2) is 0 Å². The van der Waals surface area contributed by atoms with Gasteiger partial charge >= 0.3 is 0 Å². The fraction of sp³-hybridized carbons (Fsp3) is 0.636. The Morgan fingerprint density at radius 2 is 2.19 bits per heavy atom. The second-order valence-corrected chi connectivity index (χ2v) is 6.01. The molecule has 1 N–H and O–H groups in total. The molecule has 0 aliphatic carbocycles. The van der Waals surface area contributed by atoms with Crippen molar-refractivity contribution in [2.75, 3.05) is 26.9 Å². The molecule has 1 aromatic heterocycles. The molecule has 1 atom stereocenters. The highest BCUT2D eigenvalue weighted by Crippen LogP contribution is 2.23. The van der Waals surface area contributed by atoms with Gasteiger partial charge in [-0.2, -0.15) is 0 Å². The molecular formula is C11H17BrO3S. The molecule has 0 aliphatic rings. The largest absolute Gasteiger partial charge is 0.393 e. The van der Waals surface area contributed by atoms with Gasteiger partial charge in [0.15, 0.2) is 0 Å². The van der Waals surface area contributed by atoms with Crippen LogP contribution in [0.4, 0.5) is 0 Å². The van der Waals surface area contributed by atoms with Crippen LogP contribution in [0.15, 0.2) is 15.9 Å². The Morgan fingerprint density at radius 3 is 2.81 bits per heavy atom. The summed E-state index contributed by atoms with van der Waals surface area (Å²) in [6, 6.07) is 4.03. The van der Waals surface area contributed by atoms with Crippen molar-refractivity contribution in [1.29, 1.82) is 0 Å². The maximum atomic E-state index is 9.75. The SMILES string of the molecule is COCCOCCC(O)Cc1ccc(Br)s1. The lowest BCUT2D eigenvalue weighted by Gasteiger charge is -2.09. The molecule has 0 bridgehead atoms. The average molecular weight is 309 g/mol. The predicted octanol–water partition coefficient (Wildman–Crippen LogP) is 2.47. The Bertz CT molecular complexity index is 291. The third-order valence-electron chi connectivity index (χ3n) is 2.09. The number of ether oxygens (including phenoxy) is 2. The highest BCUT2D eigenvalue weighted by Gasteiger charge is 2.07. The van der Waals surface area contributed by atoms with Gasteiger partial charge in [-0.05, 0) is 34.5 Å². The molecule has 1 heterocycles. The lowest BCUT2D eigenvalue weighted by molar-refractivity contribution is 0.0480. The van der Waals surface area contributed by atoms with E-state index in [0.717, 1.165) is 3.79 Å². The molecule has 0 saturated carbocycles. The van der Waals surface area contributed by atoms with Gasteiger partial charge in [-0.15, -0.1) is 11.3 Å². The summed E-state index contributed by atoms with van der Waals surface area (Å²) >= 11 is 5.06. The van der Waals surface area contributed by atoms with Crippen molar-refractivity contribution in [2.24, 2.45) is 0 Å². The first-order chi connectivity index (χ1) is 7.72. The molecule has 92 valence electrons. The van der Waals surface area contributed by atoms with Crippen molar-refractivity contribution >= 4 is 27.3 Å². The van der Waals surface area contributed by atoms with E-state index in [1.165, 1.54) is 4.88 Å². The second kappa shape index (κ2) is 8.20. The summed E-state index contributed by atoms with van der Waals surface area (Å²) in [4.78, 5) is 1.19. The minimum atomic E-state index is -0.326. The first-order valence-electron chi connectivity index (χ1n) is 5.21. The van der Waals surface area contributed by atoms with Crippen LogP contribution in [0.3, 0.4) is 0 Å². The van der Waals surface area contributed by atoms with Crippen LogP contribution in [0.2, 0.25) is 0 Å². The zero-order valence-electron chi connectivity index (χ0n) is 9.32. The van der Waals surface area contributed by atoms with Crippen LogP contribution in [-0.4, -0.2) is 38.1 Å². The number of rotatable bonds is 8. The Hall–Kier alpha value is 0.0600. The van der Waals surface area contributed by atoms with Crippen LogP contribution in [-0.2, 0) is 15.9 Å². The zero-order valence-corrected chi connectivity index (χ0v) is 11.7. The van der Waals surface area contributed by atoms with Crippen LogP contribution in [0, 0.1) is 0 Å². The lowest BCUT2D eigenvalue weighted by atomic mass is 10.2. The number of halogens is 1. The van der Waals surface area contributed by atoms with Gasteiger partial charge in [0, 0.05) is 25.0 Å². The molecule has 0 radical (unpaired) electrons. The topological polar surface area (TPSA) is 38.7 Å². The summed E-state index contributed by atoms with van der Waals surface area (Å²) in [5.41, 5.74) is 0. The fourth-order valence-corrected chi connectivity index (χ4v) is 2.81. The van der Waals surface area contributed by atoms with Crippen molar-refractivity contribution in [2.45, 2.75) is 18.9 Å². The summed E-state index contributed by atoms with van der Waals surface area (Å²) in [7, 11) is 1.65. The molecule has 0 fully saturated rings. The molecule has 16 heavy (non-hydrogen) atoms. The van der Waals surface area contributed by atoms with Crippen LogP contribution in [0.25, 0.3) is 0 Å². The van der Waals surface area contributed by atoms with Crippen molar-refractivity contribution < 1.29 is 14.6 Å². The van der Waals surface area contributed by atoms with Crippen molar-refractivity contribution in [3.8, 4) is 0 Å². The maximum Gasteiger partial charge on any atom is 0.0701 e. The molecule has 0 saturated heterocycles. The van der Waals surface area contributed by atoms with E-state index in [1.807, 2.05) is 12.1 Å². The normalized spacial score (nSPS) is 12.9. The average Bonchev–Trinajstić information content (AvgIpc) is 2.63. The Morgan fingerprint density at radius 1 is 1.38 bits per heavy atom. The lowest BCUT2D eigenvalue weighted by Crippen LogP contribution is -2.14.